The minimum Gasteiger partial charge on any atom is -0.337 e. The molecule has 1 amide bonds. The third kappa shape index (κ3) is 3.09. The van der Waals surface area contributed by atoms with E-state index in [1.165, 1.54) is 0 Å². The molecule has 0 unspecified atom stereocenters. The summed E-state index contributed by atoms with van der Waals surface area (Å²) < 4.78 is 0. The summed E-state index contributed by atoms with van der Waals surface area (Å²) in [5, 5.41) is 0. The zero-order valence-corrected chi connectivity index (χ0v) is 12.9. The Balaban J connectivity index is 1.82. The maximum Gasteiger partial charge on any atom is 0.234 e. The first-order valence-electron chi connectivity index (χ1n) is 7.75. The minimum absolute atomic E-state index is 0.104. The standard InChI is InChI=1S/C20H19NO2/c1-2-16-14-21(13-15-9-5-3-6-10-15)20(23)18(16)19(22)17-11-7-4-8-12-17/h2-12,16,18H,1,13-14H2/t16-,18-/m0/s1. The van der Waals surface area contributed by atoms with E-state index < -0.39 is 5.92 Å². The maximum absolute atomic E-state index is 12.8. The SMILES string of the molecule is C=C[C@H]1CN(Cc2ccccc2)C(=O)[C@@H]1C(=O)c1ccccc1. The number of likely N-dealkylation sites (tertiary alicyclic amines) is 1. The summed E-state index contributed by atoms with van der Waals surface area (Å²) in [5.41, 5.74) is 1.65. The van der Waals surface area contributed by atoms with Gasteiger partial charge in [0, 0.05) is 24.6 Å². The molecular weight excluding hydrogens is 286 g/mol. The van der Waals surface area contributed by atoms with E-state index in [9.17, 15) is 9.59 Å². The lowest BCUT2D eigenvalue weighted by Crippen LogP contribution is -2.30. The smallest absolute Gasteiger partial charge is 0.234 e. The highest BCUT2D eigenvalue weighted by molar-refractivity contribution is 6.11. The average molecular weight is 305 g/mol. The average Bonchev–Trinajstić information content (AvgIpc) is 2.92. The molecule has 0 bridgehead atoms. The fourth-order valence-electron chi connectivity index (χ4n) is 3.08. The van der Waals surface area contributed by atoms with Crippen LogP contribution in [0.3, 0.4) is 0 Å². The molecule has 1 aliphatic heterocycles. The maximum atomic E-state index is 12.8. The van der Waals surface area contributed by atoms with E-state index in [1.807, 2.05) is 48.5 Å². The van der Waals surface area contributed by atoms with Gasteiger partial charge in [0.05, 0.1) is 0 Å². The molecule has 0 spiro atoms. The number of nitrogens with zero attached hydrogens (tertiary/aromatic N) is 1. The van der Waals surface area contributed by atoms with Gasteiger partial charge < -0.3 is 4.90 Å². The van der Waals surface area contributed by atoms with E-state index in [1.54, 1.807) is 23.1 Å². The van der Waals surface area contributed by atoms with Crippen LogP contribution in [0.1, 0.15) is 15.9 Å². The molecule has 1 saturated heterocycles. The van der Waals surface area contributed by atoms with Crippen LogP contribution in [0.15, 0.2) is 73.3 Å². The lowest BCUT2D eigenvalue weighted by molar-refractivity contribution is -0.130. The van der Waals surface area contributed by atoms with Gasteiger partial charge in [0.25, 0.3) is 0 Å². The molecular formula is C20H19NO2. The number of ketones is 1. The largest absolute Gasteiger partial charge is 0.337 e. The molecule has 0 saturated carbocycles. The first kappa shape index (κ1) is 15.2. The van der Waals surface area contributed by atoms with E-state index in [-0.39, 0.29) is 17.6 Å². The first-order valence-corrected chi connectivity index (χ1v) is 7.75. The summed E-state index contributed by atoms with van der Waals surface area (Å²) in [4.78, 5) is 27.2. The zero-order valence-electron chi connectivity index (χ0n) is 12.9. The second-order valence-corrected chi connectivity index (χ2v) is 5.81. The Hall–Kier alpha value is -2.68. The Labute approximate surface area is 136 Å². The van der Waals surface area contributed by atoms with Gasteiger partial charge in [-0.05, 0) is 5.56 Å². The Morgan fingerprint density at radius 2 is 1.70 bits per heavy atom. The minimum atomic E-state index is -0.654. The monoisotopic (exact) mass is 305 g/mol. The second-order valence-electron chi connectivity index (χ2n) is 5.81. The Kier molecular flexibility index (Phi) is 4.38. The van der Waals surface area contributed by atoms with Crippen molar-refractivity contribution < 1.29 is 9.59 Å². The number of hydrogen-bond donors (Lipinski definition) is 0. The van der Waals surface area contributed by atoms with Crippen molar-refractivity contribution in [2.75, 3.05) is 6.54 Å². The van der Waals surface area contributed by atoms with Crippen molar-refractivity contribution >= 4 is 11.7 Å². The normalized spacial score (nSPS) is 20.5. The predicted molar refractivity (Wildman–Crippen MR) is 89.8 cm³/mol. The third-order valence-corrected chi connectivity index (χ3v) is 4.30. The van der Waals surface area contributed by atoms with Gasteiger partial charge in [0.2, 0.25) is 5.91 Å². The lowest BCUT2D eigenvalue weighted by Gasteiger charge is -2.16. The van der Waals surface area contributed by atoms with Gasteiger partial charge in [-0.15, -0.1) is 6.58 Å². The third-order valence-electron chi connectivity index (χ3n) is 4.30. The highest BCUT2D eigenvalue weighted by Gasteiger charge is 2.43. The van der Waals surface area contributed by atoms with Crippen molar-refractivity contribution in [3.63, 3.8) is 0 Å². The fraction of sp³-hybridized carbons (Fsp3) is 0.200. The van der Waals surface area contributed by atoms with Crippen molar-refractivity contribution in [2.24, 2.45) is 11.8 Å². The van der Waals surface area contributed by atoms with Crippen molar-refractivity contribution in [3.8, 4) is 0 Å². The molecule has 2 atom stereocenters. The van der Waals surface area contributed by atoms with E-state index in [4.69, 9.17) is 0 Å². The second kappa shape index (κ2) is 6.61. The molecule has 0 radical (unpaired) electrons. The van der Waals surface area contributed by atoms with Crippen LogP contribution in [-0.2, 0) is 11.3 Å². The van der Waals surface area contributed by atoms with E-state index in [0.717, 1.165) is 5.56 Å². The summed E-state index contributed by atoms with van der Waals surface area (Å²) in [6.45, 7) is 4.89. The summed E-state index contributed by atoms with van der Waals surface area (Å²) in [5.74, 6) is -1.01. The van der Waals surface area contributed by atoms with Crippen LogP contribution in [0.2, 0.25) is 0 Å². The van der Waals surface area contributed by atoms with Crippen molar-refractivity contribution in [1.82, 2.24) is 4.90 Å². The number of hydrogen-bond acceptors (Lipinski definition) is 2. The van der Waals surface area contributed by atoms with Crippen LogP contribution in [0, 0.1) is 11.8 Å². The van der Waals surface area contributed by atoms with E-state index in [2.05, 4.69) is 6.58 Å². The molecule has 1 aliphatic rings. The Morgan fingerprint density at radius 1 is 1.09 bits per heavy atom. The molecule has 0 aromatic heterocycles. The van der Waals surface area contributed by atoms with Crippen LogP contribution in [-0.4, -0.2) is 23.1 Å². The zero-order chi connectivity index (χ0) is 16.2. The van der Waals surface area contributed by atoms with Crippen molar-refractivity contribution in [1.29, 1.82) is 0 Å². The predicted octanol–water partition coefficient (Wildman–Crippen LogP) is 3.33. The van der Waals surface area contributed by atoms with Gasteiger partial charge >= 0.3 is 0 Å². The van der Waals surface area contributed by atoms with Gasteiger partial charge in [-0.25, -0.2) is 0 Å². The molecule has 1 heterocycles. The Bertz CT molecular complexity index is 709. The summed E-state index contributed by atoms with van der Waals surface area (Å²) in [6, 6.07) is 18.8. The summed E-state index contributed by atoms with van der Waals surface area (Å²) in [7, 11) is 0. The van der Waals surface area contributed by atoms with Crippen LogP contribution in [0.5, 0.6) is 0 Å². The number of carbonyl (C=O) groups is 2. The molecule has 0 N–H and O–H groups in total. The molecule has 1 fully saturated rings. The van der Waals surface area contributed by atoms with Crippen LogP contribution in [0.4, 0.5) is 0 Å². The summed E-state index contributed by atoms with van der Waals surface area (Å²) in [6.07, 6.45) is 1.73. The Morgan fingerprint density at radius 3 is 2.30 bits per heavy atom. The lowest BCUT2D eigenvalue weighted by atomic mass is 9.88. The number of benzene rings is 2. The highest BCUT2D eigenvalue weighted by Crippen LogP contribution is 2.30. The number of carbonyl (C=O) groups excluding carboxylic acids is 2. The highest BCUT2D eigenvalue weighted by atomic mass is 16.2. The summed E-state index contributed by atoms with van der Waals surface area (Å²) >= 11 is 0. The fourth-order valence-corrected chi connectivity index (χ4v) is 3.08. The van der Waals surface area contributed by atoms with E-state index >= 15 is 0 Å². The van der Waals surface area contributed by atoms with Crippen molar-refractivity contribution in [2.45, 2.75) is 6.54 Å². The van der Waals surface area contributed by atoms with Crippen LogP contribution in [0.25, 0.3) is 0 Å². The number of rotatable bonds is 5. The van der Waals surface area contributed by atoms with Gasteiger partial charge in [-0.3, -0.25) is 9.59 Å². The van der Waals surface area contributed by atoms with E-state index in [0.29, 0.717) is 18.7 Å². The number of Topliss-reactive ketones (excluding diaryl/α,β-unsaturated/α-hetero) is 1. The molecule has 3 rings (SSSR count). The topological polar surface area (TPSA) is 37.4 Å². The van der Waals surface area contributed by atoms with Gasteiger partial charge in [0.15, 0.2) is 5.78 Å². The van der Waals surface area contributed by atoms with Gasteiger partial charge in [-0.1, -0.05) is 66.7 Å². The quantitative estimate of drug-likeness (QED) is 0.483. The van der Waals surface area contributed by atoms with Gasteiger partial charge in [0.1, 0.15) is 5.92 Å². The molecule has 3 heteroatoms. The molecule has 0 aliphatic carbocycles. The molecule has 2 aromatic rings. The molecule has 116 valence electrons. The van der Waals surface area contributed by atoms with Crippen molar-refractivity contribution in [3.05, 3.63) is 84.4 Å². The van der Waals surface area contributed by atoms with Crippen LogP contribution < -0.4 is 0 Å². The molecule has 23 heavy (non-hydrogen) atoms. The number of amides is 1. The van der Waals surface area contributed by atoms with Gasteiger partial charge in [-0.2, -0.15) is 0 Å². The molecule has 2 aromatic carbocycles. The molecule has 3 nitrogen and oxygen atoms in total. The first-order chi connectivity index (χ1) is 11.2. The van der Waals surface area contributed by atoms with Crippen LogP contribution >= 0.6 is 0 Å².